The van der Waals surface area contributed by atoms with Gasteiger partial charge in [-0.3, -0.25) is 4.79 Å². The number of rotatable bonds is 5. The Morgan fingerprint density at radius 1 is 1.39 bits per heavy atom. The van der Waals surface area contributed by atoms with Gasteiger partial charge in [0.1, 0.15) is 0 Å². The number of halogens is 2. The summed E-state index contributed by atoms with van der Waals surface area (Å²) in [5.41, 5.74) is 6.70. The van der Waals surface area contributed by atoms with Crippen molar-refractivity contribution in [1.29, 1.82) is 0 Å². The van der Waals surface area contributed by atoms with Crippen LogP contribution < -0.4 is 11.1 Å². The molecule has 0 saturated carbocycles. The average molecular weight is 336 g/mol. The Kier molecular flexibility index (Phi) is 8.24. The molecule has 3 N–H and O–H groups in total. The van der Waals surface area contributed by atoms with E-state index in [0.717, 1.165) is 10.0 Å². The Balaban J connectivity index is 0.00000289. The number of nitrogens with two attached hydrogens (primary N) is 1. The normalized spacial score (nSPS) is 13.3. The molecule has 0 aliphatic heterocycles. The third kappa shape index (κ3) is 5.85. The van der Waals surface area contributed by atoms with Gasteiger partial charge in [-0.15, -0.1) is 12.4 Å². The molecule has 0 aliphatic rings. The number of benzene rings is 1. The molecule has 1 aromatic rings. The number of nitrogens with one attached hydrogen (secondary N) is 1. The van der Waals surface area contributed by atoms with Crippen LogP contribution in [0.25, 0.3) is 0 Å². The van der Waals surface area contributed by atoms with Gasteiger partial charge in [-0.05, 0) is 31.9 Å². The largest absolute Gasteiger partial charge is 0.350 e. The summed E-state index contributed by atoms with van der Waals surface area (Å²) in [6, 6.07) is 7.97. The first kappa shape index (κ1) is 17.4. The minimum absolute atomic E-state index is 0. The lowest BCUT2D eigenvalue weighted by Gasteiger charge is -2.16. The third-order valence-corrected chi connectivity index (χ3v) is 3.30. The number of carbonyl (C=O) groups is 1. The molecule has 0 fully saturated rings. The summed E-state index contributed by atoms with van der Waals surface area (Å²) in [5.74, 6) is 0.0468. The fraction of sp³-hybridized carbons (Fsp3) is 0.462. The van der Waals surface area contributed by atoms with E-state index in [1.54, 1.807) is 0 Å². The summed E-state index contributed by atoms with van der Waals surface area (Å²) in [6.07, 6.45) is 1.20. The lowest BCUT2D eigenvalue weighted by Crippen LogP contribution is -2.28. The molecule has 0 heterocycles. The molecule has 102 valence electrons. The Hall–Kier alpha value is -0.580. The minimum Gasteiger partial charge on any atom is -0.350 e. The molecule has 1 rings (SSSR count). The van der Waals surface area contributed by atoms with Crippen LogP contribution in [0.5, 0.6) is 0 Å². The van der Waals surface area contributed by atoms with Crippen LogP contribution in [-0.4, -0.2) is 11.9 Å². The second kappa shape index (κ2) is 8.51. The second-order valence-corrected chi connectivity index (χ2v) is 5.18. The van der Waals surface area contributed by atoms with E-state index in [-0.39, 0.29) is 30.4 Å². The fourth-order valence-corrected chi connectivity index (χ4v) is 2.20. The zero-order chi connectivity index (χ0) is 12.8. The van der Waals surface area contributed by atoms with Gasteiger partial charge in [-0.2, -0.15) is 0 Å². The average Bonchev–Trinajstić information content (AvgIpc) is 2.26. The number of hydrogen-bond acceptors (Lipinski definition) is 2. The number of amides is 1. The van der Waals surface area contributed by atoms with E-state index in [1.165, 1.54) is 0 Å². The fourth-order valence-electron chi connectivity index (χ4n) is 1.58. The molecular formula is C13H20BrClN2O. The van der Waals surface area contributed by atoms with Crippen molar-refractivity contribution in [2.24, 2.45) is 5.73 Å². The van der Waals surface area contributed by atoms with Crippen molar-refractivity contribution in [2.75, 3.05) is 0 Å². The van der Waals surface area contributed by atoms with Crippen molar-refractivity contribution in [3.8, 4) is 0 Å². The SMILES string of the molecule is CC(N)CCC(=O)NC(C)c1ccccc1Br.Cl. The van der Waals surface area contributed by atoms with Crippen LogP contribution in [0.4, 0.5) is 0 Å². The lowest BCUT2D eigenvalue weighted by atomic mass is 10.1. The predicted molar refractivity (Wildman–Crippen MR) is 80.8 cm³/mol. The summed E-state index contributed by atoms with van der Waals surface area (Å²) in [7, 11) is 0. The first-order chi connectivity index (χ1) is 8.00. The van der Waals surface area contributed by atoms with Gasteiger partial charge in [0.05, 0.1) is 6.04 Å². The van der Waals surface area contributed by atoms with Crippen LogP contribution in [0, 0.1) is 0 Å². The van der Waals surface area contributed by atoms with Crippen LogP contribution in [0.2, 0.25) is 0 Å². The minimum atomic E-state index is 0. The van der Waals surface area contributed by atoms with Crippen LogP contribution in [-0.2, 0) is 4.79 Å². The van der Waals surface area contributed by atoms with Gasteiger partial charge in [0.25, 0.3) is 0 Å². The molecule has 18 heavy (non-hydrogen) atoms. The molecule has 2 unspecified atom stereocenters. The topological polar surface area (TPSA) is 55.1 Å². The molecule has 0 aliphatic carbocycles. The van der Waals surface area contributed by atoms with Crippen LogP contribution in [0.15, 0.2) is 28.7 Å². The highest BCUT2D eigenvalue weighted by Crippen LogP contribution is 2.22. The van der Waals surface area contributed by atoms with E-state index >= 15 is 0 Å². The van der Waals surface area contributed by atoms with Gasteiger partial charge in [0, 0.05) is 16.9 Å². The zero-order valence-electron chi connectivity index (χ0n) is 10.7. The molecule has 1 amide bonds. The highest BCUT2D eigenvalue weighted by Gasteiger charge is 2.11. The van der Waals surface area contributed by atoms with Crippen LogP contribution >= 0.6 is 28.3 Å². The summed E-state index contributed by atoms with van der Waals surface area (Å²) in [4.78, 5) is 11.7. The van der Waals surface area contributed by atoms with E-state index in [1.807, 2.05) is 38.1 Å². The van der Waals surface area contributed by atoms with Gasteiger partial charge in [0.2, 0.25) is 5.91 Å². The Morgan fingerprint density at radius 2 is 2.00 bits per heavy atom. The van der Waals surface area contributed by atoms with Crippen molar-refractivity contribution in [1.82, 2.24) is 5.32 Å². The highest BCUT2D eigenvalue weighted by atomic mass is 79.9. The maximum absolute atomic E-state index is 11.7. The maximum Gasteiger partial charge on any atom is 0.220 e. The molecule has 5 heteroatoms. The van der Waals surface area contributed by atoms with Gasteiger partial charge >= 0.3 is 0 Å². The second-order valence-electron chi connectivity index (χ2n) is 4.33. The van der Waals surface area contributed by atoms with E-state index in [9.17, 15) is 4.79 Å². The van der Waals surface area contributed by atoms with Crippen molar-refractivity contribution in [2.45, 2.75) is 38.8 Å². The molecule has 0 bridgehead atoms. The quantitative estimate of drug-likeness (QED) is 0.868. The zero-order valence-corrected chi connectivity index (χ0v) is 13.1. The van der Waals surface area contributed by atoms with Gasteiger partial charge in [-0.25, -0.2) is 0 Å². The molecule has 0 radical (unpaired) electrons. The van der Waals surface area contributed by atoms with E-state index in [4.69, 9.17) is 5.73 Å². The smallest absolute Gasteiger partial charge is 0.220 e. The van der Waals surface area contributed by atoms with Crippen molar-refractivity contribution < 1.29 is 4.79 Å². The number of carbonyl (C=O) groups excluding carboxylic acids is 1. The molecule has 0 aromatic heterocycles. The molecule has 1 aromatic carbocycles. The third-order valence-electron chi connectivity index (χ3n) is 2.58. The van der Waals surface area contributed by atoms with Crippen LogP contribution in [0.1, 0.15) is 38.3 Å². The number of hydrogen-bond donors (Lipinski definition) is 2. The summed E-state index contributed by atoms with van der Waals surface area (Å²) < 4.78 is 1.01. The lowest BCUT2D eigenvalue weighted by molar-refractivity contribution is -0.121. The Labute approximate surface area is 123 Å². The van der Waals surface area contributed by atoms with Gasteiger partial charge in [-0.1, -0.05) is 34.1 Å². The summed E-state index contributed by atoms with van der Waals surface area (Å²) >= 11 is 3.48. The Morgan fingerprint density at radius 3 is 2.56 bits per heavy atom. The highest BCUT2D eigenvalue weighted by molar-refractivity contribution is 9.10. The molecule has 0 saturated heterocycles. The van der Waals surface area contributed by atoms with Crippen molar-refractivity contribution in [3.05, 3.63) is 34.3 Å². The standard InChI is InChI=1S/C13H19BrN2O.ClH/c1-9(15)7-8-13(17)16-10(2)11-5-3-4-6-12(11)14;/h3-6,9-10H,7-8,15H2,1-2H3,(H,16,17);1H. The molecular weight excluding hydrogens is 316 g/mol. The van der Waals surface area contributed by atoms with E-state index < -0.39 is 0 Å². The molecule has 2 atom stereocenters. The molecule has 3 nitrogen and oxygen atoms in total. The van der Waals surface area contributed by atoms with E-state index in [0.29, 0.717) is 12.8 Å². The van der Waals surface area contributed by atoms with Crippen molar-refractivity contribution in [3.63, 3.8) is 0 Å². The maximum atomic E-state index is 11.7. The predicted octanol–water partition coefficient (Wildman–Crippen LogP) is 3.18. The van der Waals surface area contributed by atoms with Gasteiger partial charge < -0.3 is 11.1 Å². The van der Waals surface area contributed by atoms with Gasteiger partial charge in [0.15, 0.2) is 0 Å². The van der Waals surface area contributed by atoms with Crippen molar-refractivity contribution >= 4 is 34.2 Å². The first-order valence-corrected chi connectivity index (χ1v) is 6.59. The summed E-state index contributed by atoms with van der Waals surface area (Å²) in [6.45, 7) is 3.88. The monoisotopic (exact) mass is 334 g/mol. The van der Waals surface area contributed by atoms with Crippen LogP contribution in [0.3, 0.4) is 0 Å². The molecule has 0 spiro atoms. The van der Waals surface area contributed by atoms with E-state index in [2.05, 4.69) is 21.2 Å². The first-order valence-electron chi connectivity index (χ1n) is 5.80. The summed E-state index contributed by atoms with van der Waals surface area (Å²) in [5, 5.41) is 2.97. The Bertz CT molecular complexity index is 385.